The van der Waals surface area contributed by atoms with Crippen LogP contribution in [0.3, 0.4) is 0 Å². The number of nitro groups is 1. The summed E-state index contributed by atoms with van der Waals surface area (Å²) in [6, 6.07) is 13.0. The Kier molecular flexibility index (Phi) is 6.59. The number of nitrogens with zero attached hydrogens (tertiary/aromatic N) is 2. The maximum absolute atomic E-state index is 13.8. The summed E-state index contributed by atoms with van der Waals surface area (Å²) in [5.74, 6) is -1.47. The van der Waals surface area contributed by atoms with Crippen LogP contribution in [0, 0.1) is 15.9 Å². The van der Waals surface area contributed by atoms with Crippen LogP contribution < -0.4 is 5.32 Å². The van der Waals surface area contributed by atoms with E-state index >= 15 is 0 Å². The molecule has 0 radical (unpaired) electrons. The summed E-state index contributed by atoms with van der Waals surface area (Å²) >= 11 is 0. The Hall–Kier alpha value is -2.80. The van der Waals surface area contributed by atoms with Crippen LogP contribution in [0.5, 0.6) is 0 Å². The minimum absolute atomic E-state index is 0.191. The van der Waals surface area contributed by atoms with Crippen LogP contribution in [0.4, 0.5) is 10.1 Å². The predicted octanol–water partition coefficient (Wildman–Crippen LogP) is 2.99. The smallest absolute Gasteiger partial charge is 0.272 e. The lowest BCUT2D eigenvalue weighted by atomic mass is 10.1. The SMILES string of the molecule is CN(CCCNC(=O)c1ccc([N+](=O)[O-])cc1F)Cc1ccccc1. The van der Waals surface area contributed by atoms with Crippen LogP contribution >= 0.6 is 0 Å². The minimum atomic E-state index is -0.895. The average Bonchev–Trinajstić information content (AvgIpc) is 2.59. The van der Waals surface area contributed by atoms with Crippen molar-refractivity contribution in [1.29, 1.82) is 0 Å². The van der Waals surface area contributed by atoms with E-state index in [9.17, 15) is 19.3 Å². The van der Waals surface area contributed by atoms with E-state index < -0.39 is 16.6 Å². The molecule has 7 heteroatoms. The number of rotatable bonds is 8. The first-order chi connectivity index (χ1) is 12.0. The van der Waals surface area contributed by atoms with E-state index in [1.54, 1.807) is 0 Å². The van der Waals surface area contributed by atoms with Crippen molar-refractivity contribution in [3.05, 3.63) is 75.6 Å². The van der Waals surface area contributed by atoms with Gasteiger partial charge in [0.25, 0.3) is 11.6 Å². The number of hydrogen-bond acceptors (Lipinski definition) is 4. The number of non-ortho nitro benzene ring substituents is 1. The molecule has 0 aliphatic carbocycles. The molecule has 132 valence electrons. The van der Waals surface area contributed by atoms with Gasteiger partial charge in [-0.1, -0.05) is 30.3 Å². The predicted molar refractivity (Wildman–Crippen MR) is 92.8 cm³/mol. The van der Waals surface area contributed by atoms with Crippen molar-refractivity contribution < 1.29 is 14.1 Å². The second kappa shape index (κ2) is 8.89. The number of nitrogens with one attached hydrogen (secondary N) is 1. The van der Waals surface area contributed by atoms with E-state index in [4.69, 9.17) is 0 Å². The Bertz CT molecular complexity index is 738. The molecule has 2 aromatic carbocycles. The summed E-state index contributed by atoms with van der Waals surface area (Å²) in [7, 11) is 1.99. The van der Waals surface area contributed by atoms with Crippen molar-refractivity contribution in [2.24, 2.45) is 0 Å². The lowest BCUT2D eigenvalue weighted by molar-refractivity contribution is -0.385. The van der Waals surface area contributed by atoms with Gasteiger partial charge in [0.1, 0.15) is 5.82 Å². The number of carbonyl (C=O) groups excluding carboxylic acids is 1. The van der Waals surface area contributed by atoms with Gasteiger partial charge in [0, 0.05) is 19.2 Å². The van der Waals surface area contributed by atoms with E-state index in [1.807, 2.05) is 25.2 Å². The molecule has 0 unspecified atom stereocenters. The molecule has 2 rings (SSSR count). The van der Waals surface area contributed by atoms with Crippen molar-refractivity contribution in [2.45, 2.75) is 13.0 Å². The van der Waals surface area contributed by atoms with Gasteiger partial charge in [-0.2, -0.15) is 0 Å². The van der Waals surface area contributed by atoms with Crippen LogP contribution in [-0.2, 0) is 6.54 Å². The molecule has 1 amide bonds. The highest BCUT2D eigenvalue weighted by Crippen LogP contribution is 2.16. The Balaban J connectivity index is 1.76. The first-order valence-electron chi connectivity index (χ1n) is 7.92. The fraction of sp³-hybridized carbons (Fsp3) is 0.278. The van der Waals surface area contributed by atoms with Crippen molar-refractivity contribution in [2.75, 3.05) is 20.1 Å². The fourth-order valence-corrected chi connectivity index (χ4v) is 2.42. The first kappa shape index (κ1) is 18.5. The average molecular weight is 345 g/mol. The molecule has 0 saturated carbocycles. The zero-order valence-corrected chi connectivity index (χ0v) is 13.9. The summed E-state index contributed by atoms with van der Waals surface area (Å²) in [6.45, 7) is 1.98. The second-order valence-corrected chi connectivity index (χ2v) is 5.75. The molecule has 0 aliphatic rings. The third-order valence-corrected chi connectivity index (χ3v) is 3.71. The molecule has 1 N–H and O–H groups in total. The molecule has 2 aromatic rings. The number of halogens is 1. The molecular weight excluding hydrogens is 325 g/mol. The number of amides is 1. The number of carbonyl (C=O) groups is 1. The van der Waals surface area contributed by atoms with Crippen LogP contribution in [-0.4, -0.2) is 35.9 Å². The Morgan fingerprint density at radius 2 is 1.96 bits per heavy atom. The highest BCUT2D eigenvalue weighted by Gasteiger charge is 2.15. The molecule has 0 heterocycles. The van der Waals surface area contributed by atoms with E-state index in [1.165, 1.54) is 5.56 Å². The van der Waals surface area contributed by atoms with Gasteiger partial charge in [0.05, 0.1) is 16.6 Å². The number of benzene rings is 2. The molecule has 0 saturated heterocycles. The van der Waals surface area contributed by atoms with Gasteiger partial charge in [-0.05, 0) is 31.6 Å². The summed E-state index contributed by atoms with van der Waals surface area (Å²) in [4.78, 5) is 24.0. The zero-order chi connectivity index (χ0) is 18.2. The quantitative estimate of drug-likeness (QED) is 0.453. The summed E-state index contributed by atoms with van der Waals surface area (Å²) in [5, 5.41) is 13.2. The largest absolute Gasteiger partial charge is 0.352 e. The summed E-state index contributed by atoms with van der Waals surface area (Å²) in [6.07, 6.45) is 0.712. The Morgan fingerprint density at radius 3 is 2.60 bits per heavy atom. The summed E-state index contributed by atoms with van der Waals surface area (Å²) < 4.78 is 13.8. The highest BCUT2D eigenvalue weighted by molar-refractivity contribution is 5.94. The van der Waals surface area contributed by atoms with Gasteiger partial charge >= 0.3 is 0 Å². The molecule has 0 spiro atoms. The highest BCUT2D eigenvalue weighted by atomic mass is 19.1. The van der Waals surface area contributed by atoms with Gasteiger partial charge < -0.3 is 10.2 Å². The molecule has 6 nitrogen and oxygen atoms in total. The molecule has 0 bridgehead atoms. The van der Waals surface area contributed by atoms with E-state index in [-0.39, 0.29) is 11.3 Å². The molecular formula is C18H20FN3O3. The number of nitro benzene ring substituents is 1. The van der Waals surface area contributed by atoms with Gasteiger partial charge in [0.15, 0.2) is 0 Å². The van der Waals surface area contributed by atoms with Crippen LogP contribution in [0.2, 0.25) is 0 Å². The van der Waals surface area contributed by atoms with Crippen LogP contribution in [0.1, 0.15) is 22.3 Å². The maximum atomic E-state index is 13.8. The lowest BCUT2D eigenvalue weighted by Gasteiger charge is -2.16. The molecule has 0 fully saturated rings. The van der Waals surface area contributed by atoms with Crippen molar-refractivity contribution in [3.63, 3.8) is 0 Å². The van der Waals surface area contributed by atoms with E-state index in [0.29, 0.717) is 13.0 Å². The van der Waals surface area contributed by atoms with Crippen LogP contribution in [0.25, 0.3) is 0 Å². The van der Waals surface area contributed by atoms with Crippen molar-refractivity contribution in [3.8, 4) is 0 Å². The van der Waals surface area contributed by atoms with Crippen molar-refractivity contribution in [1.82, 2.24) is 10.2 Å². The monoisotopic (exact) mass is 345 g/mol. The normalized spacial score (nSPS) is 10.7. The summed E-state index contributed by atoms with van der Waals surface area (Å²) in [5.41, 5.74) is 0.641. The van der Waals surface area contributed by atoms with Crippen molar-refractivity contribution >= 4 is 11.6 Å². The van der Waals surface area contributed by atoms with Gasteiger partial charge in [-0.15, -0.1) is 0 Å². The Labute approximate surface area is 145 Å². The molecule has 0 aromatic heterocycles. The van der Waals surface area contributed by atoms with Gasteiger partial charge in [-0.25, -0.2) is 4.39 Å². The molecule has 0 atom stereocenters. The zero-order valence-electron chi connectivity index (χ0n) is 13.9. The van der Waals surface area contributed by atoms with Crippen LogP contribution in [0.15, 0.2) is 48.5 Å². The Morgan fingerprint density at radius 1 is 1.24 bits per heavy atom. The lowest BCUT2D eigenvalue weighted by Crippen LogP contribution is -2.28. The maximum Gasteiger partial charge on any atom is 0.272 e. The third-order valence-electron chi connectivity index (χ3n) is 3.71. The van der Waals surface area contributed by atoms with Gasteiger partial charge in [0.2, 0.25) is 0 Å². The third kappa shape index (κ3) is 5.65. The fourth-order valence-electron chi connectivity index (χ4n) is 2.42. The standard InChI is InChI=1S/C18H20FN3O3/c1-21(13-14-6-3-2-4-7-14)11-5-10-20-18(23)16-9-8-15(22(24)25)12-17(16)19/h2-4,6-9,12H,5,10-11,13H2,1H3,(H,20,23). The van der Waals surface area contributed by atoms with E-state index in [2.05, 4.69) is 22.3 Å². The first-order valence-corrected chi connectivity index (χ1v) is 7.92. The number of hydrogen-bond donors (Lipinski definition) is 1. The van der Waals surface area contributed by atoms with Gasteiger partial charge in [-0.3, -0.25) is 14.9 Å². The molecule has 25 heavy (non-hydrogen) atoms. The topological polar surface area (TPSA) is 75.5 Å². The van der Waals surface area contributed by atoms with E-state index in [0.717, 1.165) is 31.3 Å². The molecule has 0 aliphatic heterocycles. The minimum Gasteiger partial charge on any atom is -0.352 e. The second-order valence-electron chi connectivity index (χ2n) is 5.75.